The number of nitrogens with zero attached hydrogens (tertiary/aromatic N) is 1. The highest BCUT2D eigenvalue weighted by Crippen LogP contribution is 2.26. The molecular weight excluding hydrogens is 334 g/mol. The summed E-state index contributed by atoms with van der Waals surface area (Å²) in [6, 6.07) is 7.06. The highest BCUT2D eigenvalue weighted by molar-refractivity contribution is 7.88. The number of rotatable bonds is 7. The third kappa shape index (κ3) is 4.93. The summed E-state index contributed by atoms with van der Waals surface area (Å²) in [6.07, 6.45) is 1.19. The second-order valence-corrected chi connectivity index (χ2v) is 7.39. The van der Waals surface area contributed by atoms with E-state index in [2.05, 4.69) is 10.0 Å². The summed E-state index contributed by atoms with van der Waals surface area (Å²) in [4.78, 5) is 25.8. The molecule has 8 nitrogen and oxygen atoms in total. The summed E-state index contributed by atoms with van der Waals surface area (Å²) in [5.41, 5.74) is 0.717. The van der Waals surface area contributed by atoms with Crippen LogP contribution in [-0.2, 0) is 19.6 Å². The van der Waals surface area contributed by atoms with Crippen LogP contribution in [0.1, 0.15) is 6.42 Å². The lowest BCUT2D eigenvalue weighted by molar-refractivity contribution is -0.126. The zero-order valence-electron chi connectivity index (χ0n) is 13.6. The number of sulfonamides is 1. The zero-order valence-corrected chi connectivity index (χ0v) is 14.4. The van der Waals surface area contributed by atoms with E-state index in [-0.39, 0.29) is 31.3 Å². The Kier molecular flexibility index (Phi) is 5.79. The van der Waals surface area contributed by atoms with Gasteiger partial charge in [-0.2, -0.15) is 0 Å². The molecule has 1 aromatic carbocycles. The van der Waals surface area contributed by atoms with Crippen LogP contribution in [0.3, 0.4) is 0 Å². The number of carbonyl (C=O) groups excluding carboxylic acids is 2. The molecule has 0 radical (unpaired) electrons. The lowest BCUT2D eigenvalue weighted by Gasteiger charge is -2.17. The van der Waals surface area contributed by atoms with Crippen LogP contribution in [0.4, 0.5) is 5.69 Å². The number of methoxy groups -OCH3 is 1. The number of hydrogen-bond acceptors (Lipinski definition) is 5. The number of ether oxygens (including phenoxy) is 1. The second kappa shape index (κ2) is 7.63. The molecule has 0 saturated carbocycles. The molecule has 0 spiro atoms. The lowest BCUT2D eigenvalue weighted by Crippen LogP contribution is -2.38. The monoisotopic (exact) mass is 355 g/mol. The summed E-state index contributed by atoms with van der Waals surface area (Å²) >= 11 is 0. The van der Waals surface area contributed by atoms with Gasteiger partial charge in [0.1, 0.15) is 5.75 Å². The Balaban J connectivity index is 1.87. The smallest absolute Gasteiger partial charge is 0.227 e. The maximum absolute atomic E-state index is 12.1. The summed E-state index contributed by atoms with van der Waals surface area (Å²) in [6.45, 7) is 0.600. The number of hydrogen-bond donors (Lipinski definition) is 2. The first-order valence-corrected chi connectivity index (χ1v) is 9.36. The molecule has 1 saturated heterocycles. The zero-order chi connectivity index (χ0) is 17.7. The van der Waals surface area contributed by atoms with Gasteiger partial charge in [-0.15, -0.1) is 0 Å². The Morgan fingerprint density at radius 1 is 1.29 bits per heavy atom. The average Bonchev–Trinajstić information content (AvgIpc) is 2.92. The van der Waals surface area contributed by atoms with Crippen LogP contribution in [0.2, 0.25) is 0 Å². The van der Waals surface area contributed by atoms with E-state index in [1.165, 1.54) is 0 Å². The fraction of sp³-hybridized carbons (Fsp3) is 0.467. The summed E-state index contributed by atoms with van der Waals surface area (Å²) in [5, 5.41) is 2.64. The van der Waals surface area contributed by atoms with Gasteiger partial charge in [-0.1, -0.05) is 0 Å². The van der Waals surface area contributed by atoms with Crippen molar-refractivity contribution >= 4 is 27.5 Å². The molecule has 1 aliphatic rings. The van der Waals surface area contributed by atoms with Crippen LogP contribution in [-0.4, -0.2) is 53.2 Å². The first kappa shape index (κ1) is 18.2. The molecule has 0 unspecified atom stereocenters. The van der Waals surface area contributed by atoms with Crippen molar-refractivity contribution in [2.75, 3.05) is 37.9 Å². The first-order valence-electron chi connectivity index (χ1n) is 7.47. The normalized spacial score (nSPS) is 17.8. The van der Waals surface area contributed by atoms with Crippen LogP contribution < -0.4 is 19.7 Å². The van der Waals surface area contributed by atoms with Gasteiger partial charge in [-0.25, -0.2) is 13.1 Å². The van der Waals surface area contributed by atoms with Gasteiger partial charge in [0.2, 0.25) is 21.8 Å². The molecule has 24 heavy (non-hydrogen) atoms. The number of benzene rings is 1. The van der Waals surface area contributed by atoms with Gasteiger partial charge in [0.05, 0.1) is 19.3 Å². The number of anilines is 1. The molecule has 132 valence electrons. The van der Waals surface area contributed by atoms with Gasteiger partial charge >= 0.3 is 0 Å². The fourth-order valence-corrected chi connectivity index (χ4v) is 2.93. The highest BCUT2D eigenvalue weighted by Gasteiger charge is 2.34. The second-order valence-electron chi connectivity index (χ2n) is 5.56. The predicted octanol–water partition coefficient (Wildman–Crippen LogP) is -0.286. The maximum Gasteiger partial charge on any atom is 0.227 e. The highest BCUT2D eigenvalue weighted by atomic mass is 32.2. The quantitative estimate of drug-likeness (QED) is 0.654. The molecule has 0 aliphatic carbocycles. The van der Waals surface area contributed by atoms with Crippen molar-refractivity contribution in [3.05, 3.63) is 24.3 Å². The van der Waals surface area contributed by atoms with Crippen LogP contribution in [0.25, 0.3) is 0 Å². The first-order chi connectivity index (χ1) is 11.3. The SMILES string of the molecule is COc1ccc(N2C[C@@H](C(=O)NCCNS(C)(=O)=O)CC2=O)cc1. The molecule has 2 amide bonds. The molecule has 1 aromatic rings. The van der Waals surface area contributed by atoms with E-state index in [0.29, 0.717) is 12.3 Å². The molecule has 1 heterocycles. The average molecular weight is 355 g/mol. The van der Waals surface area contributed by atoms with Crippen molar-refractivity contribution in [1.82, 2.24) is 10.0 Å². The third-order valence-corrected chi connectivity index (χ3v) is 4.40. The summed E-state index contributed by atoms with van der Waals surface area (Å²) < 4.78 is 29.2. The number of carbonyl (C=O) groups is 2. The van der Waals surface area contributed by atoms with Gasteiger partial charge in [0.15, 0.2) is 0 Å². The maximum atomic E-state index is 12.1. The summed E-state index contributed by atoms with van der Waals surface area (Å²) in [7, 11) is -1.71. The van der Waals surface area contributed by atoms with Crippen molar-refractivity contribution in [2.24, 2.45) is 5.92 Å². The Labute approximate surface area is 141 Å². The lowest BCUT2D eigenvalue weighted by atomic mass is 10.1. The van der Waals surface area contributed by atoms with Crippen molar-refractivity contribution in [3.8, 4) is 5.75 Å². The van der Waals surface area contributed by atoms with Crippen LogP contribution in [0, 0.1) is 5.92 Å². The largest absolute Gasteiger partial charge is 0.497 e. The minimum atomic E-state index is -3.27. The van der Waals surface area contributed by atoms with E-state index >= 15 is 0 Å². The molecule has 0 aromatic heterocycles. The Hall–Kier alpha value is -2.13. The van der Waals surface area contributed by atoms with Gasteiger partial charge < -0.3 is 15.0 Å². The topological polar surface area (TPSA) is 105 Å². The molecule has 9 heteroatoms. The molecule has 0 bridgehead atoms. The van der Waals surface area contributed by atoms with E-state index in [4.69, 9.17) is 4.74 Å². The number of amides is 2. The van der Waals surface area contributed by atoms with E-state index in [9.17, 15) is 18.0 Å². The van der Waals surface area contributed by atoms with Gasteiger partial charge in [0.25, 0.3) is 0 Å². The molecule has 1 atom stereocenters. The van der Waals surface area contributed by atoms with E-state index < -0.39 is 15.9 Å². The Bertz CT molecular complexity index is 702. The van der Waals surface area contributed by atoms with Gasteiger partial charge in [-0.3, -0.25) is 9.59 Å². The van der Waals surface area contributed by atoms with Crippen LogP contribution in [0.5, 0.6) is 5.75 Å². The number of nitrogens with one attached hydrogen (secondary N) is 2. The van der Waals surface area contributed by atoms with Crippen molar-refractivity contribution < 1.29 is 22.7 Å². The Morgan fingerprint density at radius 2 is 1.96 bits per heavy atom. The van der Waals surface area contributed by atoms with Crippen LogP contribution >= 0.6 is 0 Å². The minimum absolute atomic E-state index is 0.116. The molecule has 2 rings (SSSR count). The third-order valence-electron chi connectivity index (χ3n) is 3.67. The molecule has 2 N–H and O–H groups in total. The fourth-order valence-electron chi connectivity index (χ4n) is 2.46. The van der Waals surface area contributed by atoms with E-state index in [1.54, 1.807) is 36.3 Å². The standard InChI is InChI=1S/C15H21N3O5S/c1-23-13-5-3-12(4-6-13)18-10-11(9-14(18)19)15(20)16-7-8-17-24(2,21)22/h3-6,11,17H,7-10H2,1-2H3,(H,16,20)/t11-/m0/s1. The van der Waals surface area contributed by atoms with E-state index in [0.717, 1.165) is 11.9 Å². The molecule has 1 aliphatic heterocycles. The molecular formula is C15H21N3O5S. The summed E-state index contributed by atoms with van der Waals surface area (Å²) in [5.74, 6) is -0.125. The Morgan fingerprint density at radius 3 is 2.54 bits per heavy atom. The predicted molar refractivity (Wildman–Crippen MR) is 89.3 cm³/mol. The van der Waals surface area contributed by atoms with Crippen LogP contribution in [0.15, 0.2) is 24.3 Å². The van der Waals surface area contributed by atoms with Gasteiger partial charge in [0, 0.05) is 31.7 Å². The van der Waals surface area contributed by atoms with Crippen molar-refractivity contribution in [2.45, 2.75) is 6.42 Å². The van der Waals surface area contributed by atoms with Crippen molar-refractivity contribution in [1.29, 1.82) is 0 Å². The minimum Gasteiger partial charge on any atom is -0.497 e. The van der Waals surface area contributed by atoms with Gasteiger partial charge in [-0.05, 0) is 24.3 Å². The molecule has 1 fully saturated rings. The van der Waals surface area contributed by atoms with E-state index in [1.807, 2.05) is 0 Å². The van der Waals surface area contributed by atoms with Crippen molar-refractivity contribution in [3.63, 3.8) is 0 Å².